The van der Waals surface area contributed by atoms with Gasteiger partial charge in [0.25, 0.3) is 5.91 Å². The van der Waals surface area contributed by atoms with E-state index < -0.39 is 11.9 Å². The molecular formula is C16H14BrNO3. The second-order valence-corrected chi connectivity index (χ2v) is 5.52. The van der Waals surface area contributed by atoms with Crippen LogP contribution >= 0.6 is 15.9 Å². The molecule has 0 aliphatic heterocycles. The van der Waals surface area contributed by atoms with Gasteiger partial charge in [0.2, 0.25) is 0 Å². The van der Waals surface area contributed by atoms with Crippen LogP contribution in [-0.4, -0.2) is 17.0 Å². The minimum Gasteiger partial charge on any atom is -0.478 e. The third-order valence-electron chi connectivity index (χ3n) is 3.10. The molecule has 4 nitrogen and oxygen atoms in total. The van der Waals surface area contributed by atoms with Crippen molar-refractivity contribution in [1.29, 1.82) is 0 Å². The fourth-order valence-electron chi connectivity index (χ4n) is 2.00. The predicted octanol–water partition coefficient (Wildman–Crippen LogP) is 3.64. The van der Waals surface area contributed by atoms with Gasteiger partial charge in [0.1, 0.15) is 0 Å². The molecule has 0 radical (unpaired) electrons. The van der Waals surface area contributed by atoms with Crippen LogP contribution in [0.1, 0.15) is 39.2 Å². The first-order valence-electron chi connectivity index (χ1n) is 6.37. The van der Waals surface area contributed by atoms with Crippen LogP contribution in [0, 0.1) is 0 Å². The molecule has 0 saturated heterocycles. The molecule has 0 fully saturated rings. The number of carboxylic acid groups (broad SMARTS) is 1. The molecule has 0 aromatic heterocycles. The Kier molecular flexibility index (Phi) is 4.75. The Labute approximate surface area is 130 Å². The topological polar surface area (TPSA) is 66.4 Å². The molecule has 0 bridgehead atoms. The molecular weight excluding hydrogens is 334 g/mol. The van der Waals surface area contributed by atoms with Crippen molar-refractivity contribution in [1.82, 2.24) is 5.32 Å². The van der Waals surface area contributed by atoms with E-state index in [0.29, 0.717) is 0 Å². The second kappa shape index (κ2) is 6.54. The van der Waals surface area contributed by atoms with E-state index in [2.05, 4.69) is 21.2 Å². The molecule has 5 heteroatoms. The Morgan fingerprint density at radius 3 is 2.38 bits per heavy atom. The molecule has 21 heavy (non-hydrogen) atoms. The number of benzene rings is 2. The summed E-state index contributed by atoms with van der Waals surface area (Å²) in [5.74, 6) is -1.52. The number of carbonyl (C=O) groups is 2. The Morgan fingerprint density at radius 2 is 1.76 bits per heavy atom. The van der Waals surface area contributed by atoms with Crippen LogP contribution < -0.4 is 5.32 Å². The third-order valence-corrected chi connectivity index (χ3v) is 3.59. The molecule has 1 atom stereocenters. The molecule has 0 aliphatic rings. The zero-order chi connectivity index (χ0) is 15.4. The second-order valence-electron chi connectivity index (χ2n) is 4.60. The number of hydrogen-bond donors (Lipinski definition) is 2. The van der Waals surface area contributed by atoms with Gasteiger partial charge in [0, 0.05) is 4.47 Å². The Balaban J connectivity index is 2.20. The summed E-state index contributed by atoms with van der Waals surface area (Å²) in [4.78, 5) is 23.4. The molecule has 2 rings (SSSR count). The molecule has 2 aromatic rings. The highest BCUT2D eigenvalue weighted by Gasteiger charge is 2.17. The smallest absolute Gasteiger partial charge is 0.336 e. The predicted molar refractivity (Wildman–Crippen MR) is 83.4 cm³/mol. The van der Waals surface area contributed by atoms with Crippen molar-refractivity contribution in [2.45, 2.75) is 13.0 Å². The molecule has 2 aromatic carbocycles. The summed E-state index contributed by atoms with van der Waals surface area (Å²) in [5.41, 5.74) is 1.09. The van der Waals surface area contributed by atoms with Crippen molar-refractivity contribution in [2.75, 3.05) is 0 Å². The molecule has 0 saturated carbocycles. The van der Waals surface area contributed by atoms with Gasteiger partial charge < -0.3 is 10.4 Å². The highest BCUT2D eigenvalue weighted by atomic mass is 79.9. The lowest BCUT2D eigenvalue weighted by atomic mass is 10.0. The first-order chi connectivity index (χ1) is 9.99. The van der Waals surface area contributed by atoms with E-state index in [1.54, 1.807) is 12.1 Å². The van der Waals surface area contributed by atoms with Crippen molar-refractivity contribution in [3.63, 3.8) is 0 Å². The number of carboxylic acids is 1. The summed E-state index contributed by atoms with van der Waals surface area (Å²) in [5, 5.41) is 11.9. The lowest BCUT2D eigenvalue weighted by Gasteiger charge is -2.15. The van der Waals surface area contributed by atoms with Crippen LogP contribution in [0.25, 0.3) is 0 Å². The zero-order valence-electron chi connectivity index (χ0n) is 11.3. The van der Waals surface area contributed by atoms with Crippen molar-refractivity contribution in [3.05, 3.63) is 69.7 Å². The summed E-state index contributed by atoms with van der Waals surface area (Å²) >= 11 is 3.38. The van der Waals surface area contributed by atoms with Crippen LogP contribution in [0.5, 0.6) is 0 Å². The SMILES string of the molecule is CC(NC(=O)c1ccccc1C(=O)O)c1cccc(Br)c1. The van der Waals surface area contributed by atoms with E-state index in [4.69, 9.17) is 5.11 Å². The van der Waals surface area contributed by atoms with Crippen LogP contribution in [0.2, 0.25) is 0 Å². The summed E-state index contributed by atoms with van der Waals surface area (Å²) in [6.45, 7) is 1.85. The maximum Gasteiger partial charge on any atom is 0.336 e. The largest absolute Gasteiger partial charge is 0.478 e. The van der Waals surface area contributed by atoms with Gasteiger partial charge in [-0.1, -0.05) is 40.2 Å². The van der Waals surface area contributed by atoms with E-state index in [0.717, 1.165) is 10.0 Å². The third kappa shape index (κ3) is 3.70. The average Bonchev–Trinajstić information content (AvgIpc) is 2.47. The molecule has 0 spiro atoms. The number of hydrogen-bond acceptors (Lipinski definition) is 2. The average molecular weight is 348 g/mol. The van der Waals surface area contributed by atoms with Gasteiger partial charge in [-0.25, -0.2) is 4.79 Å². The maximum absolute atomic E-state index is 12.3. The number of rotatable bonds is 4. The minimum absolute atomic E-state index is 0.00329. The van der Waals surface area contributed by atoms with Crippen molar-refractivity contribution in [2.24, 2.45) is 0 Å². The van der Waals surface area contributed by atoms with Crippen LogP contribution in [-0.2, 0) is 0 Å². The molecule has 1 amide bonds. The van der Waals surface area contributed by atoms with Crippen LogP contribution in [0.3, 0.4) is 0 Å². The molecule has 2 N–H and O–H groups in total. The molecule has 108 valence electrons. The number of aromatic carboxylic acids is 1. The summed E-state index contributed by atoms with van der Waals surface area (Å²) < 4.78 is 0.923. The number of carbonyl (C=O) groups excluding carboxylic acids is 1. The Morgan fingerprint density at radius 1 is 1.10 bits per heavy atom. The lowest BCUT2D eigenvalue weighted by molar-refractivity contribution is 0.0690. The van der Waals surface area contributed by atoms with Gasteiger partial charge in [0.05, 0.1) is 17.2 Å². The Hall–Kier alpha value is -2.14. The van der Waals surface area contributed by atoms with E-state index in [-0.39, 0.29) is 17.2 Å². The zero-order valence-corrected chi connectivity index (χ0v) is 12.9. The highest BCUT2D eigenvalue weighted by Crippen LogP contribution is 2.19. The van der Waals surface area contributed by atoms with E-state index in [1.165, 1.54) is 12.1 Å². The Bertz CT molecular complexity index is 685. The van der Waals surface area contributed by atoms with Crippen LogP contribution in [0.15, 0.2) is 53.0 Å². The number of halogens is 1. The van der Waals surface area contributed by atoms with Gasteiger partial charge in [0.15, 0.2) is 0 Å². The van der Waals surface area contributed by atoms with E-state index in [9.17, 15) is 9.59 Å². The van der Waals surface area contributed by atoms with Crippen molar-refractivity contribution in [3.8, 4) is 0 Å². The van der Waals surface area contributed by atoms with Crippen molar-refractivity contribution < 1.29 is 14.7 Å². The minimum atomic E-state index is -1.11. The highest BCUT2D eigenvalue weighted by molar-refractivity contribution is 9.10. The van der Waals surface area contributed by atoms with Gasteiger partial charge >= 0.3 is 5.97 Å². The van der Waals surface area contributed by atoms with E-state index >= 15 is 0 Å². The van der Waals surface area contributed by atoms with Gasteiger partial charge in [-0.05, 0) is 36.8 Å². The molecule has 0 aliphatic carbocycles. The summed E-state index contributed by atoms with van der Waals surface area (Å²) in [6, 6.07) is 13.5. The van der Waals surface area contributed by atoms with Crippen LogP contribution in [0.4, 0.5) is 0 Å². The fraction of sp³-hybridized carbons (Fsp3) is 0.125. The summed E-state index contributed by atoms with van der Waals surface area (Å²) in [6.07, 6.45) is 0. The first kappa shape index (κ1) is 15.3. The number of nitrogens with one attached hydrogen (secondary N) is 1. The number of amides is 1. The van der Waals surface area contributed by atoms with Gasteiger partial charge in [-0.15, -0.1) is 0 Å². The fourth-order valence-corrected chi connectivity index (χ4v) is 2.42. The molecule has 1 unspecified atom stereocenters. The van der Waals surface area contributed by atoms with E-state index in [1.807, 2.05) is 31.2 Å². The maximum atomic E-state index is 12.3. The van der Waals surface area contributed by atoms with Crippen molar-refractivity contribution >= 4 is 27.8 Å². The first-order valence-corrected chi connectivity index (χ1v) is 7.17. The lowest BCUT2D eigenvalue weighted by Crippen LogP contribution is -2.28. The quantitative estimate of drug-likeness (QED) is 0.887. The monoisotopic (exact) mass is 347 g/mol. The van der Waals surface area contributed by atoms with Gasteiger partial charge in [-0.3, -0.25) is 4.79 Å². The standard InChI is InChI=1S/C16H14BrNO3/c1-10(11-5-4-6-12(17)9-11)18-15(19)13-7-2-3-8-14(13)16(20)21/h2-10H,1H3,(H,18,19)(H,20,21). The summed E-state index contributed by atoms with van der Waals surface area (Å²) in [7, 11) is 0. The normalized spacial score (nSPS) is 11.7. The molecule has 0 heterocycles. The van der Waals surface area contributed by atoms with Gasteiger partial charge in [-0.2, -0.15) is 0 Å².